The maximum atomic E-state index is 11.0. The summed E-state index contributed by atoms with van der Waals surface area (Å²) in [6, 6.07) is 0. The number of carbonyl (C=O) groups excluding carboxylic acids is 2. The number of halogens is 1. The first-order valence-electron chi connectivity index (χ1n) is 4.87. The Morgan fingerprint density at radius 3 is 2.56 bits per heavy atom. The molecule has 92 valence electrons. The van der Waals surface area contributed by atoms with Gasteiger partial charge in [0.2, 0.25) is 0 Å². The lowest BCUT2D eigenvalue weighted by Gasteiger charge is -2.07. The number of carbonyl (C=O) groups is 2. The van der Waals surface area contributed by atoms with E-state index in [1.165, 1.54) is 0 Å². The van der Waals surface area contributed by atoms with Gasteiger partial charge in [0.1, 0.15) is 6.61 Å². The van der Waals surface area contributed by atoms with Crippen LogP contribution >= 0.6 is 15.9 Å². The van der Waals surface area contributed by atoms with Crippen LogP contribution in [0.4, 0.5) is 4.79 Å². The summed E-state index contributed by atoms with van der Waals surface area (Å²) in [5.74, 6) is -0.463. The molecule has 0 spiro atoms. The maximum Gasteiger partial charge on any atom is 0.407 e. The van der Waals surface area contributed by atoms with E-state index in [1.54, 1.807) is 6.92 Å². The van der Waals surface area contributed by atoms with Crippen LogP contribution < -0.4 is 5.32 Å². The largest absolute Gasteiger partial charge is 0.460 e. The van der Waals surface area contributed by atoms with Gasteiger partial charge >= 0.3 is 12.1 Å². The molecule has 0 radical (unpaired) electrons. The third-order valence-electron chi connectivity index (χ3n) is 1.46. The quantitative estimate of drug-likeness (QED) is 0.335. The summed E-state index contributed by atoms with van der Waals surface area (Å²) in [5, 5.41) is 3.24. The molecule has 0 rings (SSSR count). The molecule has 0 saturated carbocycles. The van der Waals surface area contributed by atoms with Crippen LogP contribution in [0.2, 0.25) is 0 Å². The van der Waals surface area contributed by atoms with Crippen molar-refractivity contribution >= 4 is 28.0 Å². The summed E-state index contributed by atoms with van der Waals surface area (Å²) in [5.41, 5.74) is 0.333. The molecule has 0 aliphatic rings. The molecule has 0 fully saturated rings. The number of alkyl halides is 1. The van der Waals surface area contributed by atoms with Gasteiger partial charge < -0.3 is 14.8 Å². The zero-order valence-corrected chi connectivity index (χ0v) is 10.8. The third-order valence-corrected chi connectivity index (χ3v) is 2.02. The first kappa shape index (κ1) is 15.0. The number of hydrogen-bond donors (Lipinski definition) is 1. The van der Waals surface area contributed by atoms with Crippen molar-refractivity contribution in [3.63, 3.8) is 0 Å². The molecule has 16 heavy (non-hydrogen) atoms. The first-order valence-corrected chi connectivity index (χ1v) is 5.99. The Morgan fingerprint density at radius 2 is 2.00 bits per heavy atom. The fourth-order valence-electron chi connectivity index (χ4n) is 0.690. The predicted molar refractivity (Wildman–Crippen MR) is 63.5 cm³/mol. The van der Waals surface area contributed by atoms with Gasteiger partial charge in [-0.25, -0.2) is 9.59 Å². The summed E-state index contributed by atoms with van der Waals surface area (Å²) >= 11 is 3.22. The Balaban J connectivity index is 3.41. The highest BCUT2D eigenvalue weighted by atomic mass is 79.9. The monoisotopic (exact) mass is 293 g/mol. The number of amides is 1. The summed E-state index contributed by atoms with van der Waals surface area (Å²) in [6.07, 6.45) is 0.255. The average Bonchev–Trinajstić information content (AvgIpc) is 2.24. The van der Waals surface area contributed by atoms with Crippen LogP contribution in [0.3, 0.4) is 0 Å². The van der Waals surface area contributed by atoms with Crippen LogP contribution in [-0.2, 0) is 14.3 Å². The van der Waals surface area contributed by atoms with Crippen molar-refractivity contribution in [1.29, 1.82) is 0 Å². The van der Waals surface area contributed by atoms with Gasteiger partial charge in [-0.2, -0.15) is 0 Å². The molecular weight excluding hydrogens is 278 g/mol. The Morgan fingerprint density at radius 1 is 1.31 bits per heavy atom. The van der Waals surface area contributed by atoms with Crippen molar-refractivity contribution in [1.82, 2.24) is 5.32 Å². The van der Waals surface area contributed by atoms with Gasteiger partial charge in [0.05, 0.1) is 13.2 Å². The summed E-state index contributed by atoms with van der Waals surface area (Å²) in [4.78, 5) is 21.9. The van der Waals surface area contributed by atoms with Gasteiger partial charge in [0.25, 0.3) is 0 Å². The van der Waals surface area contributed by atoms with E-state index in [1.807, 2.05) is 0 Å². The number of rotatable bonds is 7. The van der Waals surface area contributed by atoms with Gasteiger partial charge in [-0.15, -0.1) is 0 Å². The number of esters is 1. The van der Waals surface area contributed by atoms with Crippen LogP contribution in [0.25, 0.3) is 0 Å². The van der Waals surface area contributed by atoms with E-state index in [9.17, 15) is 9.59 Å². The molecule has 0 unspecified atom stereocenters. The zero-order chi connectivity index (χ0) is 12.4. The van der Waals surface area contributed by atoms with Crippen molar-refractivity contribution in [2.75, 3.05) is 25.1 Å². The van der Waals surface area contributed by atoms with Crippen LogP contribution in [0.1, 0.15) is 13.3 Å². The van der Waals surface area contributed by atoms with Crippen molar-refractivity contribution < 1.29 is 19.1 Å². The molecular formula is C10H16BrNO4. The second-order valence-corrected chi connectivity index (χ2v) is 3.81. The average molecular weight is 294 g/mol. The molecule has 6 heteroatoms. The lowest BCUT2D eigenvalue weighted by molar-refractivity contribution is -0.138. The van der Waals surface area contributed by atoms with Crippen molar-refractivity contribution in [2.45, 2.75) is 13.3 Å². The van der Waals surface area contributed by atoms with Gasteiger partial charge in [0.15, 0.2) is 0 Å². The molecule has 1 N–H and O–H groups in total. The van der Waals surface area contributed by atoms with Crippen LogP contribution in [0.5, 0.6) is 0 Å². The highest BCUT2D eigenvalue weighted by Crippen LogP contribution is 1.91. The lowest BCUT2D eigenvalue weighted by Crippen LogP contribution is -2.29. The molecule has 0 aliphatic heterocycles. The van der Waals surface area contributed by atoms with Crippen LogP contribution in [-0.4, -0.2) is 37.2 Å². The molecule has 0 aromatic heterocycles. The fraction of sp³-hybridized carbons (Fsp3) is 0.600. The molecule has 1 amide bonds. The normalized spacial score (nSPS) is 9.38. The van der Waals surface area contributed by atoms with Gasteiger partial charge in [-0.3, -0.25) is 0 Å². The van der Waals surface area contributed by atoms with E-state index >= 15 is 0 Å². The number of ether oxygens (including phenoxy) is 2. The van der Waals surface area contributed by atoms with Gasteiger partial charge in [-0.1, -0.05) is 22.5 Å². The van der Waals surface area contributed by atoms with Crippen molar-refractivity contribution in [3.8, 4) is 0 Å². The predicted octanol–water partition coefficient (Wildman–Crippen LogP) is 1.62. The Bertz CT molecular complexity index is 255. The van der Waals surface area contributed by atoms with E-state index in [4.69, 9.17) is 9.47 Å². The summed E-state index contributed by atoms with van der Waals surface area (Å²) < 4.78 is 9.56. The second kappa shape index (κ2) is 9.21. The minimum atomic E-state index is -0.507. The second-order valence-electron chi connectivity index (χ2n) is 3.02. The van der Waals surface area contributed by atoms with Crippen LogP contribution in [0, 0.1) is 0 Å². The number of hydrogen-bond acceptors (Lipinski definition) is 4. The topological polar surface area (TPSA) is 64.6 Å². The van der Waals surface area contributed by atoms with Gasteiger partial charge in [-0.05, 0) is 13.3 Å². The Kier molecular flexibility index (Phi) is 8.61. The molecule has 0 atom stereocenters. The zero-order valence-electron chi connectivity index (χ0n) is 9.25. The molecule has 0 bridgehead atoms. The maximum absolute atomic E-state index is 11.0. The van der Waals surface area contributed by atoms with Crippen molar-refractivity contribution in [3.05, 3.63) is 12.2 Å². The van der Waals surface area contributed by atoms with E-state index in [0.29, 0.717) is 12.2 Å². The van der Waals surface area contributed by atoms with E-state index < -0.39 is 12.1 Å². The minimum absolute atomic E-state index is 0.110. The standard InChI is InChI=1S/C10H16BrNO4/c1-8(2)9(13)15-7-5-12-10(14)16-6-3-4-11/h1,3-7H2,2H3,(H,12,14). The van der Waals surface area contributed by atoms with Gasteiger partial charge in [0, 0.05) is 10.9 Å². The number of alkyl carbamates (subject to hydrolysis) is 1. The summed E-state index contributed by atoms with van der Waals surface area (Å²) in [7, 11) is 0. The lowest BCUT2D eigenvalue weighted by atomic mass is 10.4. The molecule has 5 nitrogen and oxygen atoms in total. The van der Waals surface area contributed by atoms with E-state index in [0.717, 1.165) is 11.8 Å². The smallest absolute Gasteiger partial charge is 0.407 e. The Hall–Kier alpha value is -1.04. The van der Waals surface area contributed by atoms with Crippen molar-refractivity contribution in [2.24, 2.45) is 0 Å². The summed E-state index contributed by atoms with van der Waals surface area (Å²) in [6.45, 7) is 5.69. The van der Waals surface area contributed by atoms with E-state index in [2.05, 4.69) is 27.8 Å². The van der Waals surface area contributed by atoms with Crippen LogP contribution in [0.15, 0.2) is 12.2 Å². The molecule has 0 heterocycles. The minimum Gasteiger partial charge on any atom is -0.460 e. The number of nitrogens with one attached hydrogen (secondary N) is 1. The Labute approximate surface area is 103 Å². The molecule has 0 aromatic carbocycles. The third kappa shape index (κ3) is 8.28. The highest BCUT2D eigenvalue weighted by molar-refractivity contribution is 9.09. The van der Waals surface area contributed by atoms with E-state index in [-0.39, 0.29) is 13.2 Å². The first-order chi connectivity index (χ1) is 7.57. The fourth-order valence-corrected chi connectivity index (χ4v) is 0.919. The molecule has 0 aliphatic carbocycles. The SMILES string of the molecule is C=C(C)C(=O)OCCNC(=O)OCCCBr. The highest BCUT2D eigenvalue weighted by Gasteiger charge is 2.04. The molecule has 0 aromatic rings. The molecule has 0 saturated heterocycles.